The maximum Gasteiger partial charge on any atom is 0.320 e. The number of hydrogen-bond acceptors (Lipinski definition) is 3. The predicted molar refractivity (Wildman–Crippen MR) is 53.0 cm³/mol. The Bertz CT molecular complexity index is 216. The van der Waals surface area contributed by atoms with Crippen molar-refractivity contribution in [1.82, 2.24) is 10.2 Å². The lowest BCUT2D eigenvalue weighted by Gasteiger charge is -2.22. The number of nitrogens with zero attached hydrogens (tertiary/aromatic N) is 1. The molecule has 0 aliphatic heterocycles. The van der Waals surface area contributed by atoms with E-state index in [0.717, 1.165) is 0 Å². The number of amides is 1. The molecule has 1 amide bonds. The van der Waals surface area contributed by atoms with E-state index in [-0.39, 0.29) is 18.5 Å². The second-order valence-electron chi connectivity index (χ2n) is 3.54. The molecule has 0 aromatic heterocycles. The van der Waals surface area contributed by atoms with E-state index in [9.17, 15) is 9.59 Å². The molecule has 0 fully saturated rings. The lowest BCUT2D eigenvalue weighted by molar-refractivity contribution is -0.139. The number of carbonyl (C=O) groups excluding carboxylic acids is 1. The van der Waals surface area contributed by atoms with Crippen molar-refractivity contribution in [2.24, 2.45) is 0 Å². The third-order valence-electron chi connectivity index (χ3n) is 2.10. The third-order valence-corrected chi connectivity index (χ3v) is 2.10. The van der Waals surface area contributed by atoms with Crippen LogP contribution in [0.5, 0.6) is 0 Å². The molecule has 5 nitrogen and oxygen atoms in total. The number of carbonyl (C=O) groups is 2. The number of carboxylic acids is 1. The monoisotopic (exact) mass is 202 g/mol. The quantitative estimate of drug-likeness (QED) is 0.654. The maximum atomic E-state index is 11.4. The van der Waals surface area contributed by atoms with Crippen LogP contribution >= 0.6 is 0 Å². The Labute approximate surface area is 84.1 Å². The molecule has 14 heavy (non-hydrogen) atoms. The van der Waals surface area contributed by atoms with Crippen LogP contribution in [0.3, 0.4) is 0 Å². The highest BCUT2D eigenvalue weighted by Gasteiger charge is 2.15. The van der Waals surface area contributed by atoms with Gasteiger partial charge in [0, 0.05) is 13.1 Å². The van der Waals surface area contributed by atoms with Crippen LogP contribution in [0, 0.1) is 0 Å². The predicted octanol–water partition coefficient (Wildman–Crippen LogP) is -0.0841. The van der Waals surface area contributed by atoms with Gasteiger partial charge in [0.05, 0.1) is 6.54 Å². The van der Waals surface area contributed by atoms with Crippen molar-refractivity contribution in [3.63, 3.8) is 0 Å². The van der Waals surface area contributed by atoms with Crippen LogP contribution in [0.2, 0.25) is 0 Å². The van der Waals surface area contributed by atoms with Crippen LogP contribution in [0.4, 0.5) is 0 Å². The van der Waals surface area contributed by atoms with Gasteiger partial charge in [-0.05, 0) is 20.8 Å². The zero-order valence-corrected chi connectivity index (χ0v) is 9.07. The number of carboxylic acid groups (broad SMARTS) is 1. The molecule has 0 radical (unpaired) electrons. The first-order valence-electron chi connectivity index (χ1n) is 4.58. The molecule has 5 heteroatoms. The molecule has 0 bridgehead atoms. The Balaban J connectivity index is 3.91. The summed E-state index contributed by atoms with van der Waals surface area (Å²) in [5.74, 6) is -1.06. The molecule has 0 aromatic carbocycles. The summed E-state index contributed by atoms with van der Waals surface area (Å²) in [4.78, 5) is 23.4. The van der Waals surface area contributed by atoms with Gasteiger partial charge in [0.15, 0.2) is 0 Å². The molecule has 0 heterocycles. The molecular weight excluding hydrogens is 184 g/mol. The summed E-state index contributed by atoms with van der Waals surface area (Å²) in [6.07, 6.45) is 0. The van der Waals surface area contributed by atoms with E-state index in [1.54, 1.807) is 11.9 Å². The molecule has 1 unspecified atom stereocenters. The summed E-state index contributed by atoms with van der Waals surface area (Å²) in [6.45, 7) is 5.37. The van der Waals surface area contributed by atoms with Crippen LogP contribution in [0.1, 0.15) is 20.8 Å². The highest BCUT2D eigenvalue weighted by molar-refractivity contribution is 5.79. The van der Waals surface area contributed by atoms with Crippen LogP contribution in [-0.4, -0.2) is 47.6 Å². The summed E-state index contributed by atoms with van der Waals surface area (Å²) in [5.41, 5.74) is 0. The van der Waals surface area contributed by atoms with Crippen LogP contribution < -0.4 is 5.32 Å². The third kappa shape index (κ3) is 4.23. The molecule has 0 spiro atoms. The standard InChI is InChI=1S/C9H18N2O3/c1-6(2)11(4)8(12)5-10-7(3)9(13)14/h6-7,10H,5H2,1-4H3,(H,13,14). The molecule has 0 saturated carbocycles. The average Bonchev–Trinajstić information content (AvgIpc) is 2.11. The molecule has 0 rings (SSSR count). The van der Waals surface area contributed by atoms with Crippen molar-refractivity contribution >= 4 is 11.9 Å². The van der Waals surface area contributed by atoms with Crippen molar-refractivity contribution in [2.45, 2.75) is 32.9 Å². The second-order valence-corrected chi connectivity index (χ2v) is 3.54. The van der Waals surface area contributed by atoms with E-state index in [1.165, 1.54) is 6.92 Å². The zero-order chi connectivity index (χ0) is 11.3. The summed E-state index contributed by atoms with van der Waals surface area (Å²) < 4.78 is 0. The van der Waals surface area contributed by atoms with E-state index in [4.69, 9.17) is 5.11 Å². The van der Waals surface area contributed by atoms with E-state index < -0.39 is 12.0 Å². The molecule has 0 saturated heterocycles. The van der Waals surface area contributed by atoms with Crippen molar-refractivity contribution in [3.8, 4) is 0 Å². The number of likely N-dealkylation sites (N-methyl/N-ethyl adjacent to an activating group) is 1. The van der Waals surface area contributed by atoms with Gasteiger partial charge in [0.2, 0.25) is 5.91 Å². The fourth-order valence-corrected chi connectivity index (χ4v) is 0.740. The van der Waals surface area contributed by atoms with Crippen LogP contribution in [-0.2, 0) is 9.59 Å². The molecule has 2 N–H and O–H groups in total. The molecule has 0 aliphatic rings. The highest BCUT2D eigenvalue weighted by atomic mass is 16.4. The molecular formula is C9H18N2O3. The largest absolute Gasteiger partial charge is 0.480 e. The van der Waals surface area contributed by atoms with E-state index in [0.29, 0.717) is 0 Å². The van der Waals surface area contributed by atoms with Gasteiger partial charge in [0.25, 0.3) is 0 Å². The summed E-state index contributed by atoms with van der Waals surface area (Å²) in [7, 11) is 1.69. The minimum absolute atomic E-state index is 0.0577. The minimum atomic E-state index is -0.954. The summed E-state index contributed by atoms with van der Waals surface area (Å²) in [6, 6.07) is -0.566. The fraction of sp³-hybridized carbons (Fsp3) is 0.778. The fourth-order valence-electron chi connectivity index (χ4n) is 0.740. The zero-order valence-electron chi connectivity index (χ0n) is 9.07. The molecule has 0 aliphatic carbocycles. The number of rotatable bonds is 5. The summed E-state index contributed by atoms with van der Waals surface area (Å²) >= 11 is 0. The van der Waals surface area contributed by atoms with Gasteiger partial charge in [-0.3, -0.25) is 14.9 Å². The molecule has 1 atom stereocenters. The Morgan fingerprint density at radius 1 is 1.36 bits per heavy atom. The van der Waals surface area contributed by atoms with Crippen molar-refractivity contribution in [3.05, 3.63) is 0 Å². The smallest absolute Gasteiger partial charge is 0.320 e. The van der Waals surface area contributed by atoms with Crippen LogP contribution in [0.15, 0.2) is 0 Å². The van der Waals surface area contributed by atoms with Gasteiger partial charge in [-0.2, -0.15) is 0 Å². The van der Waals surface area contributed by atoms with E-state index >= 15 is 0 Å². The lowest BCUT2D eigenvalue weighted by atomic mass is 10.3. The normalized spacial score (nSPS) is 12.6. The van der Waals surface area contributed by atoms with E-state index in [2.05, 4.69) is 5.32 Å². The Hall–Kier alpha value is -1.10. The average molecular weight is 202 g/mol. The first kappa shape index (κ1) is 12.9. The summed E-state index contributed by atoms with van der Waals surface area (Å²) in [5, 5.41) is 11.2. The number of hydrogen-bond donors (Lipinski definition) is 2. The van der Waals surface area contributed by atoms with Gasteiger partial charge in [-0.25, -0.2) is 0 Å². The van der Waals surface area contributed by atoms with Crippen molar-refractivity contribution < 1.29 is 14.7 Å². The van der Waals surface area contributed by atoms with E-state index in [1.807, 2.05) is 13.8 Å². The first-order valence-corrected chi connectivity index (χ1v) is 4.58. The first-order chi connectivity index (χ1) is 6.36. The van der Waals surface area contributed by atoms with Crippen LogP contribution in [0.25, 0.3) is 0 Å². The molecule has 82 valence electrons. The number of nitrogens with one attached hydrogen (secondary N) is 1. The van der Waals surface area contributed by atoms with Crippen molar-refractivity contribution in [1.29, 1.82) is 0 Å². The minimum Gasteiger partial charge on any atom is -0.480 e. The van der Waals surface area contributed by atoms with Gasteiger partial charge in [0.1, 0.15) is 6.04 Å². The Morgan fingerprint density at radius 3 is 2.21 bits per heavy atom. The lowest BCUT2D eigenvalue weighted by Crippen LogP contribution is -2.44. The Kier molecular flexibility index (Phi) is 5.15. The SMILES string of the molecule is CC(NCC(=O)N(C)C(C)C)C(=O)O. The number of aliphatic carboxylic acids is 1. The van der Waals surface area contributed by atoms with Gasteiger partial charge in [-0.15, -0.1) is 0 Å². The topological polar surface area (TPSA) is 69.6 Å². The maximum absolute atomic E-state index is 11.4. The van der Waals surface area contributed by atoms with Crippen molar-refractivity contribution in [2.75, 3.05) is 13.6 Å². The van der Waals surface area contributed by atoms with Gasteiger partial charge in [-0.1, -0.05) is 0 Å². The van der Waals surface area contributed by atoms with Gasteiger partial charge < -0.3 is 10.0 Å². The second kappa shape index (κ2) is 5.59. The molecule has 0 aromatic rings. The Morgan fingerprint density at radius 2 is 1.86 bits per heavy atom. The highest BCUT2D eigenvalue weighted by Crippen LogP contribution is 1.93. The van der Waals surface area contributed by atoms with Gasteiger partial charge >= 0.3 is 5.97 Å².